The summed E-state index contributed by atoms with van der Waals surface area (Å²) in [7, 11) is -2.05. The van der Waals surface area contributed by atoms with E-state index >= 15 is 0 Å². The first-order valence-electron chi connectivity index (χ1n) is 7.31. The zero-order valence-electron chi connectivity index (χ0n) is 12.7. The first kappa shape index (κ1) is 15.6. The lowest BCUT2D eigenvalue weighted by molar-refractivity contribution is 0.112. The molecule has 0 spiro atoms. The summed E-state index contributed by atoms with van der Waals surface area (Å²) in [4.78, 5) is 10.9. The van der Waals surface area contributed by atoms with Gasteiger partial charge in [0, 0.05) is 12.1 Å². The molecule has 3 rings (SSSR count). The number of nitrogens with zero attached hydrogens (tertiary/aromatic N) is 1. The van der Waals surface area contributed by atoms with E-state index in [1.54, 1.807) is 19.2 Å². The lowest BCUT2D eigenvalue weighted by Gasteiger charge is -2.30. The molecule has 5 nitrogen and oxygen atoms in total. The van der Waals surface area contributed by atoms with Crippen LogP contribution >= 0.6 is 0 Å². The molecule has 0 atom stereocenters. The van der Waals surface area contributed by atoms with Crippen molar-refractivity contribution in [3.05, 3.63) is 53.6 Å². The topological polar surface area (TPSA) is 63.7 Å². The van der Waals surface area contributed by atoms with Gasteiger partial charge in [0.05, 0.1) is 17.7 Å². The Morgan fingerprint density at radius 2 is 1.87 bits per heavy atom. The minimum absolute atomic E-state index is 0.187. The number of benzene rings is 2. The first-order chi connectivity index (χ1) is 11.1. The minimum Gasteiger partial charge on any atom is -0.497 e. The molecule has 0 saturated heterocycles. The average molecular weight is 331 g/mol. The Morgan fingerprint density at radius 3 is 2.52 bits per heavy atom. The molecule has 0 fully saturated rings. The van der Waals surface area contributed by atoms with Gasteiger partial charge in [-0.15, -0.1) is 0 Å². The van der Waals surface area contributed by atoms with Crippen molar-refractivity contribution in [1.82, 2.24) is 0 Å². The fourth-order valence-electron chi connectivity index (χ4n) is 2.76. The van der Waals surface area contributed by atoms with Gasteiger partial charge in [0.25, 0.3) is 10.0 Å². The highest BCUT2D eigenvalue weighted by Crippen LogP contribution is 2.34. The van der Waals surface area contributed by atoms with E-state index in [1.165, 1.54) is 28.6 Å². The number of methoxy groups -OCH3 is 1. The third-order valence-electron chi connectivity index (χ3n) is 3.97. The summed E-state index contributed by atoms with van der Waals surface area (Å²) in [6.07, 6.45) is 2.27. The third-order valence-corrected chi connectivity index (χ3v) is 5.79. The fraction of sp³-hybridized carbons (Fsp3) is 0.235. The van der Waals surface area contributed by atoms with E-state index in [2.05, 4.69) is 0 Å². The highest BCUT2D eigenvalue weighted by molar-refractivity contribution is 7.92. The largest absolute Gasteiger partial charge is 0.497 e. The number of hydrogen-bond donors (Lipinski definition) is 0. The predicted octanol–water partition coefficient (Wildman–Crippen LogP) is 2.65. The molecule has 0 N–H and O–H groups in total. The number of ether oxygens (including phenoxy) is 1. The minimum atomic E-state index is -3.64. The number of anilines is 1. The highest BCUT2D eigenvalue weighted by Gasteiger charge is 2.29. The van der Waals surface area contributed by atoms with Crippen LogP contribution in [0.15, 0.2) is 47.4 Å². The van der Waals surface area contributed by atoms with Crippen molar-refractivity contribution >= 4 is 22.0 Å². The molecule has 120 valence electrons. The average Bonchev–Trinajstić information content (AvgIpc) is 2.60. The third kappa shape index (κ3) is 2.82. The number of aldehydes is 1. The van der Waals surface area contributed by atoms with Crippen LogP contribution in [-0.4, -0.2) is 28.4 Å². The molecule has 6 heteroatoms. The van der Waals surface area contributed by atoms with Gasteiger partial charge in [0.2, 0.25) is 0 Å². The number of hydrogen-bond acceptors (Lipinski definition) is 4. The molecule has 0 aliphatic carbocycles. The maximum atomic E-state index is 12.9. The van der Waals surface area contributed by atoms with Gasteiger partial charge in [-0.25, -0.2) is 8.42 Å². The van der Waals surface area contributed by atoms with Crippen LogP contribution in [0.25, 0.3) is 0 Å². The van der Waals surface area contributed by atoms with E-state index in [0.29, 0.717) is 24.1 Å². The van der Waals surface area contributed by atoms with Gasteiger partial charge in [-0.3, -0.25) is 9.10 Å². The van der Waals surface area contributed by atoms with Gasteiger partial charge in [0.1, 0.15) is 12.0 Å². The fourth-order valence-corrected chi connectivity index (χ4v) is 4.30. The highest BCUT2D eigenvalue weighted by atomic mass is 32.2. The number of carbonyl (C=O) groups excluding carboxylic acids is 1. The summed E-state index contributed by atoms with van der Waals surface area (Å²) in [5.74, 6) is 0.721. The molecule has 1 aliphatic heterocycles. The van der Waals surface area contributed by atoms with Crippen LogP contribution in [0.2, 0.25) is 0 Å². The van der Waals surface area contributed by atoms with E-state index in [-0.39, 0.29) is 4.90 Å². The van der Waals surface area contributed by atoms with E-state index < -0.39 is 10.0 Å². The summed E-state index contributed by atoms with van der Waals surface area (Å²) in [5.41, 5.74) is 2.10. The van der Waals surface area contributed by atoms with Crippen LogP contribution in [-0.2, 0) is 16.4 Å². The molecule has 23 heavy (non-hydrogen) atoms. The number of sulfonamides is 1. The second-order valence-corrected chi connectivity index (χ2v) is 7.22. The van der Waals surface area contributed by atoms with Crippen LogP contribution in [0.1, 0.15) is 22.3 Å². The molecule has 0 aromatic heterocycles. The summed E-state index contributed by atoms with van der Waals surface area (Å²) < 4.78 is 32.5. The Bertz CT molecular complexity index is 828. The molecule has 0 radical (unpaired) electrons. The van der Waals surface area contributed by atoms with Gasteiger partial charge in [-0.05, 0) is 48.7 Å². The zero-order valence-corrected chi connectivity index (χ0v) is 13.5. The second kappa shape index (κ2) is 6.04. The number of aryl methyl sites for hydroxylation is 1. The Kier molecular flexibility index (Phi) is 4.09. The van der Waals surface area contributed by atoms with E-state index in [1.807, 2.05) is 6.07 Å². The monoisotopic (exact) mass is 331 g/mol. The van der Waals surface area contributed by atoms with Crippen molar-refractivity contribution in [3.8, 4) is 5.75 Å². The SMILES string of the molecule is COc1ccc2c(c1)CCCN2S(=O)(=O)c1ccc(C=O)cc1. The van der Waals surface area contributed by atoms with Crippen molar-refractivity contribution in [3.63, 3.8) is 0 Å². The summed E-state index contributed by atoms with van der Waals surface area (Å²) in [6.45, 7) is 0.442. The van der Waals surface area contributed by atoms with Gasteiger partial charge in [-0.2, -0.15) is 0 Å². The van der Waals surface area contributed by atoms with Gasteiger partial charge in [-0.1, -0.05) is 12.1 Å². The number of fused-ring (bicyclic) bond motifs is 1. The molecule has 2 aromatic carbocycles. The van der Waals surface area contributed by atoms with Crippen molar-refractivity contribution in [1.29, 1.82) is 0 Å². The zero-order chi connectivity index (χ0) is 16.4. The number of rotatable bonds is 4. The van der Waals surface area contributed by atoms with Gasteiger partial charge in [0.15, 0.2) is 0 Å². The quantitative estimate of drug-likeness (QED) is 0.808. The second-order valence-electron chi connectivity index (χ2n) is 5.36. The van der Waals surface area contributed by atoms with Crippen LogP contribution in [0.3, 0.4) is 0 Å². The van der Waals surface area contributed by atoms with Crippen LogP contribution in [0.5, 0.6) is 5.75 Å². The summed E-state index contributed by atoms with van der Waals surface area (Å²) in [6, 6.07) is 11.4. The maximum Gasteiger partial charge on any atom is 0.264 e. The van der Waals surface area contributed by atoms with E-state index in [9.17, 15) is 13.2 Å². The normalized spacial score (nSPS) is 14.2. The van der Waals surface area contributed by atoms with Crippen LogP contribution < -0.4 is 9.04 Å². The lowest BCUT2D eigenvalue weighted by atomic mass is 10.0. The summed E-state index contributed by atoms with van der Waals surface area (Å²) in [5, 5.41) is 0. The van der Waals surface area contributed by atoms with Crippen LogP contribution in [0, 0.1) is 0 Å². The number of carbonyl (C=O) groups is 1. The molecular weight excluding hydrogens is 314 g/mol. The molecule has 1 heterocycles. The Hall–Kier alpha value is -2.34. The van der Waals surface area contributed by atoms with Crippen LogP contribution in [0.4, 0.5) is 5.69 Å². The van der Waals surface area contributed by atoms with Crippen molar-refractivity contribution in [2.24, 2.45) is 0 Å². The van der Waals surface area contributed by atoms with E-state index in [4.69, 9.17) is 4.74 Å². The van der Waals surface area contributed by atoms with Crippen molar-refractivity contribution < 1.29 is 17.9 Å². The molecular formula is C17H17NO4S. The molecule has 0 bridgehead atoms. The van der Waals surface area contributed by atoms with Crippen molar-refractivity contribution in [2.45, 2.75) is 17.7 Å². The smallest absolute Gasteiger partial charge is 0.264 e. The molecule has 1 aliphatic rings. The van der Waals surface area contributed by atoms with Gasteiger partial charge < -0.3 is 4.74 Å². The predicted molar refractivity (Wildman–Crippen MR) is 87.7 cm³/mol. The molecule has 0 saturated carbocycles. The molecule has 0 amide bonds. The molecule has 2 aromatic rings. The van der Waals surface area contributed by atoms with Gasteiger partial charge >= 0.3 is 0 Å². The Labute approximate surface area is 135 Å². The first-order valence-corrected chi connectivity index (χ1v) is 8.75. The Morgan fingerprint density at radius 1 is 1.13 bits per heavy atom. The Balaban J connectivity index is 2.03. The maximum absolute atomic E-state index is 12.9. The standard InChI is InChI=1S/C17H17NO4S/c1-22-15-6-9-17-14(11-15)3-2-10-18(17)23(20,21)16-7-4-13(12-19)5-8-16/h4-9,11-12H,2-3,10H2,1H3. The molecule has 0 unspecified atom stereocenters. The summed E-state index contributed by atoms with van der Waals surface area (Å²) >= 11 is 0. The van der Waals surface area contributed by atoms with E-state index in [0.717, 1.165) is 24.2 Å². The lowest BCUT2D eigenvalue weighted by Crippen LogP contribution is -2.35. The van der Waals surface area contributed by atoms with Crippen molar-refractivity contribution in [2.75, 3.05) is 18.0 Å².